The molecule has 1 unspecified atom stereocenters. The van der Waals surface area contributed by atoms with Crippen LogP contribution in [0.3, 0.4) is 0 Å². The number of aryl methyl sites for hydroxylation is 1. The highest BCUT2D eigenvalue weighted by atomic mass is 32.1. The van der Waals surface area contributed by atoms with Gasteiger partial charge in [0.2, 0.25) is 0 Å². The molecule has 1 aliphatic heterocycles. The molecule has 1 atom stereocenters. The highest BCUT2D eigenvalue weighted by molar-refractivity contribution is 7.16. The van der Waals surface area contributed by atoms with Crippen molar-refractivity contribution in [3.05, 3.63) is 29.4 Å². The minimum atomic E-state index is -0.00808. The first kappa shape index (κ1) is 17.0. The predicted octanol–water partition coefficient (Wildman–Crippen LogP) is 3.54. The molecule has 1 N–H and O–H groups in total. The molecule has 0 radical (unpaired) electrons. The Morgan fingerprint density at radius 2 is 2.33 bits per heavy atom. The number of nitrogens with one attached hydrogen (secondary N) is 1. The Morgan fingerprint density at radius 1 is 1.50 bits per heavy atom. The largest absolute Gasteiger partial charge is 0.335 e. The number of rotatable bonds is 5. The Hall–Kier alpha value is -1.89. The highest BCUT2D eigenvalue weighted by Gasteiger charge is 2.29. The van der Waals surface area contributed by atoms with Crippen molar-refractivity contribution in [3.8, 4) is 0 Å². The van der Waals surface area contributed by atoms with Gasteiger partial charge in [-0.15, -0.1) is 11.3 Å². The van der Waals surface area contributed by atoms with Crippen LogP contribution in [0, 0.1) is 12.8 Å². The SMILES string of the molecule is Cc1nc(CC(C)C)c(NC(=O)N2CCCC2Cn2ccnc2)s1. The molecule has 130 valence electrons. The molecule has 0 aromatic carbocycles. The number of carbonyl (C=O) groups excluding carboxylic acids is 1. The summed E-state index contributed by atoms with van der Waals surface area (Å²) in [6.45, 7) is 7.93. The van der Waals surface area contributed by atoms with E-state index in [-0.39, 0.29) is 12.1 Å². The lowest BCUT2D eigenvalue weighted by Gasteiger charge is -2.25. The lowest BCUT2D eigenvalue weighted by molar-refractivity contribution is 0.201. The number of urea groups is 1. The van der Waals surface area contributed by atoms with E-state index in [1.165, 1.54) is 0 Å². The summed E-state index contributed by atoms with van der Waals surface area (Å²) < 4.78 is 2.04. The second-order valence-corrected chi connectivity index (χ2v) is 7.99. The molecule has 1 aliphatic rings. The lowest BCUT2D eigenvalue weighted by Crippen LogP contribution is -2.40. The summed E-state index contributed by atoms with van der Waals surface area (Å²) in [5, 5.41) is 5.01. The molecule has 0 aliphatic carbocycles. The zero-order valence-corrected chi connectivity index (χ0v) is 15.3. The fourth-order valence-corrected chi connectivity index (χ4v) is 4.03. The number of aromatic nitrogens is 3. The van der Waals surface area contributed by atoms with Crippen molar-refractivity contribution in [2.24, 2.45) is 5.92 Å². The molecule has 3 rings (SSSR count). The van der Waals surface area contributed by atoms with Crippen LogP contribution in [0.15, 0.2) is 18.7 Å². The quantitative estimate of drug-likeness (QED) is 0.900. The Morgan fingerprint density at radius 3 is 3.04 bits per heavy atom. The van der Waals surface area contributed by atoms with Crippen molar-refractivity contribution < 1.29 is 4.79 Å². The Kier molecular flexibility index (Phi) is 5.18. The van der Waals surface area contributed by atoms with Gasteiger partial charge in [0.05, 0.1) is 23.1 Å². The average Bonchev–Trinajstić information content (AvgIpc) is 3.22. The van der Waals surface area contributed by atoms with Crippen molar-refractivity contribution in [1.29, 1.82) is 0 Å². The van der Waals surface area contributed by atoms with Crippen LogP contribution in [0.5, 0.6) is 0 Å². The molecule has 7 heteroatoms. The van der Waals surface area contributed by atoms with Crippen LogP contribution in [0.25, 0.3) is 0 Å². The van der Waals surface area contributed by atoms with Crippen molar-refractivity contribution in [2.45, 2.75) is 52.6 Å². The Labute approximate surface area is 146 Å². The van der Waals surface area contributed by atoms with Gasteiger partial charge in [0.25, 0.3) is 0 Å². The number of likely N-dealkylation sites (tertiary alicyclic amines) is 1. The van der Waals surface area contributed by atoms with E-state index < -0.39 is 0 Å². The number of carbonyl (C=O) groups is 1. The van der Waals surface area contributed by atoms with E-state index >= 15 is 0 Å². The molecule has 6 nitrogen and oxygen atoms in total. The third-order valence-electron chi connectivity index (χ3n) is 4.25. The van der Waals surface area contributed by atoms with Gasteiger partial charge in [-0.05, 0) is 32.1 Å². The van der Waals surface area contributed by atoms with Crippen LogP contribution < -0.4 is 5.32 Å². The van der Waals surface area contributed by atoms with E-state index in [1.807, 2.05) is 28.9 Å². The molecule has 2 aromatic rings. The normalized spacial score (nSPS) is 17.7. The zero-order valence-electron chi connectivity index (χ0n) is 14.5. The Balaban J connectivity index is 1.68. The topological polar surface area (TPSA) is 63.1 Å². The van der Waals surface area contributed by atoms with Crippen LogP contribution >= 0.6 is 11.3 Å². The molecule has 1 saturated heterocycles. The first-order valence-electron chi connectivity index (χ1n) is 8.52. The van der Waals surface area contributed by atoms with Crippen LogP contribution in [0.2, 0.25) is 0 Å². The van der Waals surface area contributed by atoms with Gasteiger partial charge in [-0.3, -0.25) is 5.32 Å². The molecular formula is C17H25N5OS. The van der Waals surface area contributed by atoms with Gasteiger partial charge in [0, 0.05) is 25.5 Å². The third-order valence-corrected chi connectivity index (χ3v) is 5.17. The molecule has 24 heavy (non-hydrogen) atoms. The van der Waals surface area contributed by atoms with Crippen LogP contribution in [0.1, 0.15) is 37.4 Å². The minimum Gasteiger partial charge on any atom is -0.335 e. The summed E-state index contributed by atoms with van der Waals surface area (Å²) in [6.07, 6.45) is 8.50. The summed E-state index contributed by atoms with van der Waals surface area (Å²) in [5.74, 6) is 0.517. The van der Waals surface area contributed by atoms with Crippen LogP contribution in [-0.4, -0.2) is 38.1 Å². The van der Waals surface area contributed by atoms with Gasteiger partial charge >= 0.3 is 6.03 Å². The monoisotopic (exact) mass is 347 g/mol. The van der Waals surface area contributed by atoms with Gasteiger partial charge in [-0.25, -0.2) is 14.8 Å². The maximum Gasteiger partial charge on any atom is 0.322 e. The van der Waals surface area contributed by atoms with Gasteiger partial charge in [0.1, 0.15) is 5.00 Å². The summed E-state index contributed by atoms with van der Waals surface area (Å²) >= 11 is 1.57. The maximum absolute atomic E-state index is 12.8. The van der Waals surface area contributed by atoms with Crippen LogP contribution in [0.4, 0.5) is 9.80 Å². The average molecular weight is 347 g/mol. The number of hydrogen-bond donors (Lipinski definition) is 1. The molecule has 2 aromatic heterocycles. The highest BCUT2D eigenvalue weighted by Crippen LogP contribution is 2.28. The molecule has 1 fully saturated rings. The van der Waals surface area contributed by atoms with Gasteiger partial charge < -0.3 is 9.47 Å². The van der Waals surface area contributed by atoms with E-state index in [4.69, 9.17) is 0 Å². The van der Waals surface area contributed by atoms with Gasteiger partial charge in [0.15, 0.2) is 0 Å². The predicted molar refractivity (Wildman–Crippen MR) is 96.4 cm³/mol. The molecule has 3 heterocycles. The van der Waals surface area contributed by atoms with Gasteiger partial charge in [-0.2, -0.15) is 0 Å². The first-order chi connectivity index (χ1) is 11.5. The third kappa shape index (κ3) is 3.95. The van der Waals surface area contributed by atoms with Gasteiger partial charge in [-0.1, -0.05) is 13.8 Å². The van der Waals surface area contributed by atoms with E-state index in [9.17, 15) is 4.79 Å². The molecule has 0 saturated carbocycles. The second-order valence-electron chi connectivity index (χ2n) is 6.79. The van der Waals surface area contributed by atoms with Crippen molar-refractivity contribution in [1.82, 2.24) is 19.4 Å². The first-order valence-corrected chi connectivity index (χ1v) is 9.34. The number of anilines is 1. The van der Waals surface area contributed by atoms with Crippen LogP contribution in [-0.2, 0) is 13.0 Å². The summed E-state index contributed by atoms with van der Waals surface area (Å²) in [5.41, 5.74) is 1.01. The molecular weight excluding hydrogens is 322 g/mol. The standard InChI is InChI=1S/C17H25N5OS/c1-12(2)9-15-16(24-13(3)19-15)20-17(23)22-7-4-5-14(22)10-21-8-6-18-11-21/h6,8,11-12,14H,4-5,7,9-10H2,1-3H3,(H,20,23). The zero-order chi connectivity index (χ0) is 17.1. The smallest absolute Gasteiger partial charge is 0.322 e. The van der Waals surface area contributed by atoms with Crippen molar-refractivity contribution in [3.63, 3.8) is 0 Å². The number of nitrogens with zero attached hydrogens (tertiary/aromatic N) is 4. The van der Waals surface area contributed by atoms with E-state index in [0.29, 0.717) is 5.92 Å². The minimum absolute atomic E-state index is 0.00808. The maximum atomic E-state index is 12.8. The lowest BCUT2D eigenvalue weighted by atomic mass is 10.1. The summed E-state index contributed by atoms with van der Waals surface area (Å²) in [4.78, 5) is 23.4. The fraction of sp³-hybridized carbons (Fsp3) is 0.588. The number of hydrogen-bond acceptors (Lipinski definition) is 4. The van der Waals surface area contributed by atoms with E-state index in [2.05, 4.69) is 29.1 Å². The van der Waals surface area contributed by atoms with E-state index in [0.717, 1.165) is 48.1 Å². The number of imidazole rings is 1. The fourth-order valence-electron chi connectivity index (χ4n) is 3.19. The van der Waals surface area contributed by atoms with Crippen molar-refractivity contribution in [2.75, 3.05) is 11.9 Å². The number of amides is 2. The Bertz CT molecular complexity index is 679. The molecule has 0 bridgehead atoms. The number of thiazole rings is 1. The summed E-state index contributed by atoms with van der Waals surface area (Å²) in [6, 6.07) is 0.216. The molecule has 2 amide bonds. The molecule has 0 spiro atoms. The second kappa shape index (κ2) is 7.34. The van der Waals surface area contributed by atoms with Crippen molar-refractivity contribution >= 4 is 22.4 Å². The summed E-state index contributed by atoms with van der Waals surface area (Å²) in [7, 11) is 0. The van der Waals surface area contributed by atoms with E-state index in [1.54, 1.807) is 17.5 Å².